The summed E-state index contributed by atoms with van der Waals surface area (Å²) in [5.41, 5.74) is 5.66. The van der Waals surface area contributed by atoms with Gasteiger partial charge in [-0.25, -0.2) is 4.98 Å². The second-order valence-electron chi connectivity index (χ2n) is 4.99. The fraction of sp³-hybridized carbons (Fsp3) is 0.750. The Bertz CT molecular complexity index is 397. The van der Waals surface area contributed by atoms with Crippen LogP contribution in [0.3, 0.4) is 0 Å². The van der Waals surface area contributed by atoms with Crippen LogP contribution in [-0.4, -0.2) is 60.2 Å². The molecule has 1 aromatic rings. The second-order valence-corrected chi connectivity index (χ2v) is 6.14. The zero-order chi connectivity index (χ0) is 12.4. The molecular formula is C12H21ClN4OS. The number of halogens is 1. The zero-order valence-electron chi connectivity index (χ0n) is 11.0. The van der Waals surface area contributed by atoms with Crippen LogP contribution in [0.1, 0.15) is 11.3 Å². The zero-order valence-corrected chi connectivity index (χ0v) is 12.6. The van der Waals surface area contributed by atoms with Gasteiger partial charge in [-0.1, -0.05) is 0 Å². The molecule has 2 fully saturated rings. The van der Waals surface area contributed by atoms with Crippen molar-refractivity contribution in [1.29, 1.82) is 0 Å². The highest BCUT2D eigenvalue weighted by Crippen LogP contribution is 2.22. The number of rotatable bonds is 3. The molecule has 0 aliphatic carbocycles. The van der Waals surface area contributed by atoms with Crippen molar-refractivity contribution in [3.8, 4) is 0 Å². The molecule has 1 unspecified atom stereocenters. The van der Waals surface area contributed by atoms with E-state index in [0.717, 1.165) is 39.4 Å². The number of hydrogen-bond acceptors (Lipinski definition) is 6. The summed E-state index contributed by atoms with van der Waals surface area (Å²) in [5.74, 6) is 0. The molecule has 0 bridgehead atoms. The lowest BCUT2D eigenvalue weighted by atomic mass is 10.2. The van der Waals surface area contributed by atoms with Gasteiger partial charge in [-0.3, -0.25) is 9.80 Å². The maximum Gasteiger partial charge on any atom is 0.180 e. The van der Waals surface area contributed by atoms with Crippen LogP contribution < -0.4 is 5.73 Å². The lowest BCUT2D eigenvalue weighted by Crippen LogP contribution is -2.44. The average Bonchev–Trinajstić information content (AvgIpc) is 3.01. The van der Waals surface area contributed by atoms with E-state index in [1.807, 2.05) is 6.20 Å². The summed E-state index contributed by atoms with van der Waals surface area (Å²) in [6, 6.07) is 0.708. The fourth-order valence-corrected chi connectivity index (χ4v) is 3.54. The third kappa shape index (κ3) is 3.79. The maximum absolute atomic E-state index is 5.66. The number of aromatic nitrogens is 1. The van der Waals surface area contributed by atoms with Crippen molar-refractivity contribution in [2.24, 2.45) is 0 Å². The van der Waals surface area contributed by atoms with Gasteiger partial charge >= 0.3 is 0 Å². The molecule has 108 valence electrons. The Kier molecular flexibility index (Phi) is 5.41. The molecular weight excluding hydrogens is 284 g/mol. The Morgan fingerprint density at radius 3 is 2.84 bits per heavy atom. The predicted octanol–water partition coefficient (Wildman–Crippen LogP) is 1.05. The highest BCUT2D eigenvalue weighted by atomic mass is 35.5. The summed E-state index contributed by atoms with van der Waals surface area (Å²) >= 11 is 1.60. The molecule has 3 rings (SSSR count). The van der Waals surface area contributed by atoms with Gasteiger partial charge in [0.15, 0.2) is 5.13 Å². The molecule has 0 amide bonds. The van der Waals surface area contributed by atoms with E-state index in [1.54, 1.807) is 11.3 Å². The van der Waals surface area contributed by atoms with Crippen LogP contribution in [0.4, 0.5) is 5.13 Å². The van der Waals surface area contributed by atoms with Crippen molar-refractivity contribution in [2.75, 3.05) is 45.1 Å². The SMILES string of the molecule is Cl.Nc1ncc(CN2CCC(N3CCOCC3)C2)s1. The van der Waals surface area contributed by atoms with Crippen LogP contribution in [0.5, 0.6) is 0 Å². The van der Waals surface area contributed by atoms with E-state index >= 15 is 0 Å². The summed E-state index contributed by atoms with van der Waals surface area (Å²) in [4.78, 5) is 10.5. The fourth-order valence-electron chi connectivity index (χ4n) is 2.81. The van der Waals surface area contributed by atoms with Gasteiger partial charge in [-0.15, -0.1) is 23.7 Å². The van der Waals surface area contributed by atoms with E-state index in [2.05, 4.69) is 14.8 Å². The number of ether oxygens (including phenoxy) is 1. The third-order valence-corrected chi connectivity index (χ3v) is 4.57. The number of likely N-dealkylation sites (tertiary alicyclic amines) is 1. The Morgan fingerprint density at radius 2 is 2.16 bits per heavy atom. The van der Waals surface area contributed by atoms with Crippen LogP contribution in [0, 0.1) is 0 Å². The van der Waals surface area contributed by atoms with E-state index in [9.17, 15) is 0 Å². The summed E-state index contributed by atoms with van der Waals surface area (Å²) in [6.07, 6.45) is 3.18. The van der Waals surface area contributed by atoms with Gasteiger partial charge in [0.25, 0.3) is 0 Å². The minimum absolute atomic E-state index is 0. The monoisotopic (exact) mass is 304 g/mol. The van der Waals surface area contributed by atoms with Crippen LogP contribution in [0.2, 0.25) is 0 Å². The van der Waals surface area contributed by atoms with Gasteiger partial charge in [-0.05, 0) is 6.42 Å². The molecule has 1 aromatic heterocycles. The van der Waals surface area contributed by atoms with E-state index in [-0.39, 0.29) is 12.4 Å². The molecule has 19 heavy (non-hydrogen) atoms. The predicted molar refractivity (Wildman–Crippen MR) is 79.8 cm³/mol. The summed E-state index contributed by atoms with van der Waals surface area (Å²) in [7, 11) is 0. The van der Waals surface area contributed by atoms with Gasteiger partial charge in [0.05, 0.1) is 13.2 Å². The second kappa shape index (κ2) is 6.85. The average molecular weight is 305 g/mol. The molecule has 2 saturated heterocycles. The van der Waals surface area contributed by atoms with E-state index in [0.29, 0.717) is 11.2 Å². The molecule has 2 N–H and O–H groups in total. The van der Waals surface area contributed by atoms with Crippen molar-refractivity contribution in [3.63, 3.8) is 0 Å². The van der Waals surface area contributed by atoms with E-state index in [4.69, 9.17) is 10.5 Å². The largest absolute Gasteiger partial charge is 0.379 e. The number of thiazole rings is 1. The minimum atomic E-state index is 0. The number of morpholine rings is 1. The van der Waals surface area contributed by atoms with Crippen molar-refractivity contribution in [3.05, 3.63) is 11.1 Å². The topological polar surface area (TPSA) is 54.6 Å². The lowest BCUT2D eigenvalue weighted by Gasteiger charge is -2.32. The first-order valence-electron chi connectivity index (χ1n) is 6.55. The highest BCUT2D eigenvalue weighted by molar-refractivity contribution is 7.15. The smallest absolute Gasteiger partial charge is 0.180 e. The molecule has 2 aliphatic rings. The van der Waals surface area contributed by atoms with Crippen molar-refractivity contribution < 1.29 is 4.74 Å². The summed E-state index contributed by atoms with van der Waals surface area (Å²) in [5, 5.41) is 0.675. The molecule has 2 aliphatic heterocycles. The highest BCUT2D eigenvalue weighted by Gasteiger charge is 2.28. The number of hydrogen-bond donors (Lipinski definition) is 1. The molecule has 3 heterocycles. The summed E-state index contributed by atoms with van der Waals surface area (Å²) < 4.78 is 5.41. The van der Waals surface area contributed by atoms with Crippen LogP contribution in [0.15, 0.2) is 6.20 Å². The number of nitrogens with two attached hydrogens (primary N) is 1. The van der Waals surface area contributed by atoms with Crippen LogP contribution in [0.25, 0.3) is 0 Å². The van der Waals surface area contributed by atoms with Gasteiger partial charge in [0.1, 0.15) is 0 Å². The van der Waals surface area contributed by atoms with Crippen LogP contribution in [-0.2, 0) is 11.3 Å². The van der Waals surface area contributed by atoms with E-state index < -0.39 is 0 Å². The molecule has 0 radical (unpaired) electrons. The third-order valence-electron chi connectivity index (χ3n) is 3.76. The van der Waals surface area contributed by atoms with Crippen molar-refractivity contribution >= 4 is 28.9 Å². The van der Waals surface area contributed by atoms with Crippen LogP contribution >= 0.6 is 23.7 Å². The first kappa shape index (κ1) is 15.0. The lowest BCUT2D eigenvalue weighted by molar-refractivity contribution is 0.0184. The summed E-state index contributed by atoms with van der Waals surface area (Å²) in [6.45, 7) is 7.30. The quantitative estimate of drug-likeness (QED) is 0.905. The molecule has 7 heteroatoms. The minimum Gasteiger partial charge on any atom is -0.379 e. The number of nitrogen functional groups attached to an aromatic ring is 1. The standard InChI is InChI=1S/C12H20N4OS.ClH/c13-12-14-7-11(18-12)9-15-2-1-10(8-15)16-3-5-17-6-4-16;/h7,10H,1-6,8-9H2,(H2,13,14);1H. The Hall–Kier alpha value is -0.400. The van der Waals surface area contributed by atoms with Gasteiger partial charge in [0.2, 0.25) is 0 Å². The molecule has 0 aromatic carbocycles. The van der Waals surface area contributed by atoms with Crippen molar-refractivity contribution in [1.82, 2.24) is 14.8 Å². The Morgan fingerprint density at radius 1 is 1.37 bits per heavy atom. The number of anilines is 1. The van der Waals surface area contributed by atoms with Gasteiger partial charge < -0.3 is 10.5 Å². The Balaban J connectivity index is 0.00000133. The van der Waals surface area contributed by atoms with Gasteiger partial charge in [0, 0.05) is 49.8 Å². The van der Waals surface area contributed by atoms with Crippen molar-refractivity contribution in [2.45, 2.75) is 19.0 Å². The molecule has 1 atom stereocenters. The molecule has 5 nitrogen and oxygen atoms in total. The Labute approximate surface area is 124 Å². The molecule has 0 saturated carbocycles. The molecule has 0 spiro atoms. The first-order chi connectivity index (χ1) is 8.81. The normalized spacial score (nSPS) is 25.4. The maximum atomic E-state index is 5.66. The first-order valence-corrected chi connectivity index (χ1v) is 7.37. The van der Waals surface area contributed by atoms with E-state index in [1.165, 1.54) is 17.8 Å². The van der Waals surface area contributed by atoms with Gasteiger partial charge in [-0.2, -0.15) is 0 Å². The number of nitrogens with zero attached hydrogens (tertiary/aromatic N) is 3.